The van der Waals surface area contributed by atoms with Gasteiger partial charge in [-0.25, -0.2) is 4.79 Å². The molecule has 0 radical (unpaired) electrons. The molecule has 1 N–H and O–H groups in total. The molecule has 5 nitrogen and oxygen atoms in total. The van der Waals surface area contributed by atoms with Gasteiger partial charge < -0.3 is 14.7 Å². The van der Waals surface area contributed by atoms with Crippen LogP contribution in [0.4, 0.5) is 4.79 Å². The van der Waals surface area contributed by atoms with Crippen molar-refractivity contribution < 1.29 is 9.32 Å². The molecule has 1 fully saturated rings. The molecule has 2 rings (SSSR count). The van der Waals surface area contributed by atoms with E-state index in [1.54, 1.807) is 0 Å². The van der Waals surface area contributed by atoms with Gasteiger partial charge in [0.1, 0.15) is 0 Å². The molecular weight excluding hydrogens is 266 g/mol. The molecule has 0 aromatic carbocycles. The molecule has 2 amide bonds. The standard InChI is InChI=1S/C16H27N3O2/c1-10(2)12(5)19(13-6-7-13)16(20)17-9-14-8-15(11(3)4)18-21-14/h8,10-13H,6-7,9H2,1-5H3,(H,17,20). The first-order chi connectivity index (χ1) is 9.90. The van der Waals surface area contributed by atoms with Gasteiger partial charge in [0.15, 0.2) is 5.76 Å². The first-order valence-electron chi connectivity index (χ1n) is 7.91. The van der Waals surface area contributed by atoms with Crippen LogP contribution >= 0.6 is 0 Å². The highest BCUT2D eigenvalue weighted by molar-refractivity contribution is 5.75. The van der Waals surface area contributed by atoms with Crippen molar-refractivity contribution in [2.24, 2.45) is 5.92 Å². The van der Waals surface area contributed by atoms with Gasteiger partial charge in [0.25, 0.3) is 0 Å². The van der Waals surface area contributed by atoms with Crippen molar-refractivity contribution in [1.29, 1.82) is 0 Å². The zero-order valence-electron chi connectivity index (χ0n) is 13.7. The van der Waals surface area contributed by atoms with Crippen LogP contribution in [0.5, 0.6) is 0 Å². The SMILES string of the molecule is CC(C)c1cc(CNC(=O)N(C2CC2)C(C)C(C)C)on1. The summed E-state index contributed by atoms with van der Waals surface area (Å²) in [7, 11) is 0. The summed E-state index contributed by atoms with van der Waals surface area (Å²) in [6.45, 7) is 11.0. The number of urea groups is 1. The average Bonchev–Trinajstić information content (AvgIpc) is 3.13. The number of amides is 2. The Kier molecular flexibility index (Phi) is 4.91. The zero-order valence-corrected chi connectivity index (χ0v) is 13.7. The van der Waals surface area contributed by atoms with Gasteiger partial charge in [0.2, 0.25) is 0 Å². The Bertz CT molecular complexity index is 478. The van der Waals surface area contributed by atoms with Crippen molar-refractivity contribution >= 4 is 6.03 Å². The minimum absolute atomic E-state index is 0.00111. The van der Waals surface area contributed by atoms with Crippen LogP contribution in [0.1, 0.15) is 64.8 Å². The van der Waals surface area contributed by atoms with Crippen molar-refractivity contribution in [3.05, 3.63) is 17.5 Å². The second kappa shape index (κ2) is 6.50. The van der Waals surface area contributed by atoms with Crippen LogP contribution in [-0.4, -0.2) is 28.2 Å². The monoisotopic (exact) mass is 293 g/mol. The summed E-state index contributed by atoms with van der Waals surface area (Å²) in [5.74, 6) is 1.50. The molecule has 5 heteroatoms. The van der Waals surface area contributed by atoms with Gasteiger partial charge in [-0.3, -0.25) is 0 Å². The van der Waals surface area contributed by atoms with Crippen molar-refractivity contribution in [3.8, 4) is 0 Å². The molecule has 0 saturated heterocycles. The number of hydrogen-bond donors (Lipinski definition) is 1. The first-order valence-corrected chi connectivity index (χ1v) is 7.91. The van der Waals surface area contributed by atoms with E-state index in [1.807, 2.05) is 11.0 Å². The number of nitrogens with one attached hydrogen (secondary N) is 1. The molecule has 0 aliphatic heterocycles. The number of nitrogens with zero attached hydrogens (tertiary/aromatic N) is 2. The second-order valence-electron chi connectivity index (χ2n) is 6.65. The van der Waals surface area contributed by atoms with Crippen molar-refractivity contribution in [3.63, 3.8) is 0 Å². The lowest BCUT2D eigenvalue weighted by molar-refractivity contribution is 0.155. The molecule has 1 aliphatic carbocycles. The Morgan fingerprint density at radius 3 is 2.52 bits per heavy atom. The predicted molar refractivity (Wildman–Crippen MR) is 82.0 cm³/mol. The normalized spacial score (nSPS) is 16.3. The van der Waals surface area contributed by atoms with Crippen LogP contribution in [0, 0.1) is 5.92 Å². The molecule has 118 valence electrons. The molecule has 0 bridgehead atoms. The highest BCUT2D eigenvalue weighted by Crippen LogP contribution is 2.30. The number of carbonyl (C=O) groups is 1. The second-order valence-corrected chi connectivity index (χ2v) is 6.65. The molecule has 1 aromatic heterocycles. The molecule has 1 heterocycles. The maximum atomic E-state index is 12.4. The van der Waals surface area contributed by atoms with Gasteiger partial charge in [-0.1, -0.05) is 32.9 Å². The first kappa shape index (κ1) is 15.9. The molecule has 0 spiro atoms. The molecule has 21 heavy (non-hydrogen) atoms. The van der Waals surface area contributed by atoms with Gasteiger partial charge in [-0.05, 0) is 31.6 Å². The van der Waals surface area contributed by atoms with E-state index >= 15 is 0 Å². The Hall–Kier alpha value is -1.52. The van der Waals surface area contributed by atoms with Crippen molar-refractivity contribution in [2.45, 2.75) is 72.0 Å². The van der Waals surface area contributed by atoms with Gasteiger partial charge in [0.05, 0.1) is 12.2 Å². The van der Waals surface area contributed by atoms with Gasteiger partial charge in [0, 0.05) is 18.2 Å². The quantitative estimate of drug-likeness (QED) is 0.873. The summed E-state index contributed by atoms with van der Waals surface area (Å²) in [6, 6.07) is 2.57. The lowest BCUT2D eigenvalue weighted by Gasteiger charge is -2.32. The highest BCUT2D eigenvalue weighted by atomic mass is 16.5. The van der Waals surface area contributed by atoms with Crippen LogP contribution in [0.3, 0.4) is 0 Å². The summed E-state index contributed by atoms with van der Waals surface area (Å²) < 4.78 is 5.26. The summed E-state index contributed by atoms with van der Waals surface area (Å²) in [4.78, 5) is 14.4. The summed E-state index contributed by atoms with van der Waals surface area (Å²) >= 11 is 0. The summed E-state index contributed by atoms with van der Waals surface area (Å²) in [6.07, 6.45) is 2.23. The smallest absolute Gasteiger partial charge is 0.318 e. The van der Waals surface area contributed by atoms with E-state index in [-0.39, 0.29) is 12.1 Å². The third-order valence-electron chi connectivity index (χ3n) is 4.16. The number of hydrogen-bond acceptors (Lipinski definition) is 3. The third-order valence-corrected chi connectivity index (χ3v) is 4.16. The predicted octanol–water partition coefficient (Wildman–Crippen LogP) is 3.52. The van der Waals surface area contributed by atoms with Crippen molar-refractivity contribution in [2.75, 3.05) is 0 Å². The van der Waals surface area contributed by atoms with E-state index in [2.05, 4.69) is 45.1 Å². The van der Waals surface area contributed by atoms with Crippen LogP contribution < -0.4 is 5.32 Å². The van der Waals surface area contributed by atoms with E-state index in [1.165, 1.54) is 0 Å². The fraction of sp³-hybridized carbons (Fsp3) is 0.750. The lowest BCUT2D eigenvalue weighted by atomic mass is 10.0. The Labute approximate surface area is 127 Å². The molecular formula is C16H27N3O2. The average molecular weight is 293 g/mol. The fourth-order valence-corrected chi connectivity index (χ4v) is 2.30. The molecule has 1 saturated carbocycles. The molecule has 1 unspecified atom stereocenters. The van der Waals surface area contributed by atoms with E-state index < -0.39 is 0 Å². The fourth-order valence-electron chi connectivity index (χ4n) is 2.30. The number of carbonyl (C=O) groups excluding carboxylic acids is 1. The van der Waals surface area contributed by atoms with E-state index in [0.29, 0.717) is 30.2 Å². The van der Waals surface area contributed by atoms with Crippen LogP contribution in [0.25, 0.3) is 0 Å². The minimum Gasteiger partial charge on any atom is -0.359 e. The topological polar surface area (TPSA) is 58.4 Å². The Balaban J connectivity index is 1.92. The number of rotatable bonds is 6. The minimum atomic E-state index is 0.00111. The van der Waals surface area contributed by atoms with E-state index in [0.717, 1.165) is 18.5 Å². The lowest BCUT2D eigenvalue weighted by Crippen LogP contribution is -2.48. The largest absolute Gasteiger partial charge is 0.359 e. The van der Waals surface area contributed by atoms with E-state index in [9.17, 15) is 4.79 Å². The summed E-state index contributed by atoms with van der Waals surface area (Å²) in [5.41, 5.74) is 0.925. The highest BCUT2D eigenvalue weighted by Gasteiger charge is 2.36. The van der Waals surface area contributed by atoms with Crippen LogP contribution in [0.2, 0.25) is 0 Å². The maximum absolute atomic E-state index is 12.4. The van der Waals surface area contributed by atoms with Gasteiger partial charge in [-0.2, -0.15) is 0 Å². The maximum Gasteiger partial charge on any atom is 0.318 e. The summed E-state index contributed by atoms with van der Waals surface area (Å²) in [5, 5.41) is 6.97. The Morgan fingerprint density at radius 2 is 2.05 bits per heavy atom. The molecule has 1 atom stereocenters. The molecule has 1 aromatic rings. The van der Waals surface area contributed by atoms with Crippen LogP contribution in [0.15, 0.2) is 10.6 Å². The van der Waals surface area contributed by atoms with Gasteiger partial charge >= 0.3 is 6.03 Å². The van der Waals surface area contributed by atoms with E-state index in [4.69, 9.17) is 4.52 Å². The number of aromatic nitrogens is 1. The Morgan fingerprint density at radius 1 is 1.38 bits per heavy atom. The van der Waals surface area contributed by atoms with Crippen molar-refractivity contribution in [1.82, 2.24) is 15.4 Å². The van der Waals surface area contributed by atoms with Crippen LogP contribution in [-0.2, 0) is 6.54 Å². The third kappa shape index (κ3) is 3.99. The molecule has 1 aliphatic rings. The zero-order chi connectivity index (χ0) is 15.6. The van der Waals surface area contributed by atoms with Gasteiger partial charge in [-0.15, -0.1) is 0 Å².